The van der Waals surface area contributed by atoms with Crippen LogP contribution in [0.2, 0.25) is 0 Å². The van der Waals surface area contributed by atoms with E-state index in [1.165, 1.54) is 6.07 Å². The molecule has 1 amide bonds. The quantitative estimate of drug-likeness (QED) is 0.348. The third-order valence-corrected chi connectivity index (χ3v) is 4.95. The highest BCUT2D eigenvalue weighted by Gasteiger charge is 2.52. The Balaban J connectivity index is 2.25. The highest BCUT2D eigenvalue weighted by Crippen LogP contribution is 2.47. The van der Waals surface area contributed by atoms with Crippen molar-refractivity contribution in [1.29, 1.82) is 5.26 Å². The maximum Gasteiger partial charge on any atom is 0.433 e. The van der Waals surface area contributed by atoms with E-state index in [2.05, 4.69) is 4.98 Å². The predicted molar refractivity (Wildman–Crippen MR) is 78.7 cm³/mol. The fourth-order valence-corrected chi connectivity index (χ4v) is 3.91. The summed E-state index contributed by atoms with van der Waals surface area (Å²) in [5.41, 5.74) is -2.68. The van der Waals surface area contributed by atoms with E-state index in [1.54, 1.807) is 0 Å². The molecular weight excluding hydrogens is 380 g/mol. The highest BCUT2D eigenvalue weighted by atomic mass is 19.4. The van der Waals surface area contributed by atoms with Gasteiger partial charge in [0.25, 0.3) is 5.91 Å². The number of fused-ring (bicyclic) bond motifs is 2. The number of carbonyl (C=O) groups excluding carboxylic acids is 1. The van der Waals surface area contributed by atoms with E-state index < -0.39 is 53.0 Å². The number of nitriles is 1. The Kier molecular flexibility index (Phi) is 4.46. The van der Waals surface area contributed by atoms with Gasteiger partial charge in [0.15, 0.2) is 0 Å². The first-order chi connectivity index (χ1) is 12.5. The van der Waals surface area contributed by atoms with Gasteiger partial charge in [0.05, 0.1) is 5.56 Å². The van der Waals surface area contributed by atoms with Crippen LogP contribution in [-0.4, -0.2) is 23.0 Å². The standard InChI is InChI=1S/C15H13F6N5O/c16-14(17,18)9-4-10(15(19,20)21)24-12(8(9)5-22)26-7-2-1-6(3-7)11(26)13(27)25-23/h4,6-7,11H,1-3,23H2,(H,25,27)/t6-,7+,11-/m0/s1. The predicted octanol–water partition coefficient (Wildman–Crippen LogP) is 2.34. The number of hydrogen-bond donors (Lipinski definition) is 2. The van der Waals surface area contributed by atoms with E-state index in [0.29, 0.717) is 19.3 Å². The van der Waals surface area contributed by atoms with Gasteiger partial charge in [-0.25, -0.2) is 10.8 Å². The number of rotatable bonds is 2. The van der Waals surface area contributed by atoms with Crippen LogP contribution in [-0.2, 0) is 17.1 Å². The van der Waals surface area contributed by atoms with Gasteiger partial charge >= 0.3 is 12.4 Å². The van der Waals surface area contributed by atoms with Crippen molar-refractivity contribution in [3.05, 3.63) is 22.9 Å². The van der Waals surface area contributed by atoms with Gasteiger partial charge < -0.3 is 4.90 Å². The molecule has 1 aromatic rings. The lowest BCUT2D eigenvalue weighted by atomic mass is 9.97. The number of hydrazine groups is 1. The molecule has 2 aliphatic rings. The topological polar surface area (TPSA) is 95.0 Å². The van der Waals surface area contributed by atoms with Crippen LogP contribution in [0.15, 0.2) is 6.07 Å². The van der Waals surface area contributed by atoms with Crippen molar-refractivity contribution >= 4 is 11.7 Å². The Bertz CT molecular complexity index is 815. The van der Waals surface area contributed by atoms with Crippen LogP contribution in [0.3, 0.4) is 0 Å². The fourth-order valence-electron chi connectivity index (χ4n) is 3.91. The van der Waals surface area contributed by atoms with E-state index in [0.717, 1.165) is 4.90 Å². The lowest BCUT2D eigenvalue weighted by molar-refractivity contribution is -0.145. The van der Waals surface area contributed by atoms with Gasteiger partial charge in [0.2, 0.25) is 0 Å². The number of nitrogens with zero attached hydrogens (tertiary/aromatic N) is 3. The normalized spacial score (nSPS) is 24.8. The van der Waals surface area contributed by atoms with Crippen molar-refractivity contribution in [3.8, 4) is 6.07 Å². The molecule has 2 heterocycles. The minimum absolute atomic E-state index is 0.186. The van der Waals surface area contributed by atoms with Crippen LogP contribution in [0, 0.1) is 17.2 Å². The molecule has 1 saturated carbocycles. The molecule has 3 rings (SSSR count). The number of halogens is 6. The lowest BCUT2D eigenvalue weighted by Crippen LogP contribution is -2.53. The molecule has 0 radical (unpaired) electrons. The van der Waals surface area contributed by atoms with Gasteiger partial charge in [-0.3, -0.25) is 10.2 Å². The molecule has 1 aliphatic carbocycles. The van der Waals surface area contributed by atoms with Crippen LogP contribution >= 0.6 is 0 Å². The largest absolute Gasteiger partial charge is 0.433 e. The number of piperidine rings is 1. The summed E-state index contributed by atoms with van der Waals surface area (Å²) in [6.07, 6.45) is -8.93. The molecule has 12 heteroatoms. The second kappa shape index (κ2) is 6.26. The van der Waals surface area contributed by atoms with Gasteiger partial charge in [-0.1, -0.05) is 0 Å². The lowest BCUT2D eigenvalue weighted by Gasteiger charge is -2.36. The minimum Gasteiger partial charge on any atom is -0.340 e. The third-order valence-electron chi connectivity index (χ3n) is 4.95. The number of alkyl halides is 6. The number of amides is 1. The number of nitrogens with two attached hydrogens (primary N) is 1. The summed E-state index contributed by atoms with van der Waals surface area (Å²) in [6.45, 7) is 0. The van der Waals surface area contributed by atoms with E-state index >= 15 is 0 Å². The summed E-state index contributed by atoms with van der Waals surface area (Å²) in [5.74, 6) is 3.28. The fraction of sp³-hybridized carbons (Fsp3) is 0.533. The second-order valence-electron chi connectivity index (χ2n) is 6.45. The summed E-state index contributed by atoms with van der Waals surface area (Å²) < 4.78 is 79.4. The summed E-state index contributed by atoms with van der Waals surface area (Å²) in [7, 11) is 0. The monoisotopic (exact) mass is 393 g/mol. The first-order valence-electron chi connectivity index (χ1n) is 7.87. The van der Waals surface area contributed by atoms with Crippen molar-refractivity contribution in [1.82, 2.24) is 10.4 Å². The van der Waals surface area contributed by atoms with Gasteiger partial charge in [0.1, 0.15) is 29.2 Å². The maximum atomic E-state index is 13.3. The van der Waals surface area contributed by atoms with E-state index in [9.17, 15) is 36.4 Å². The van der Waals surface area contributed by atoms with E-state index in [1.807, 2.05) is 5.43 Å². The smallest absolute Gasteiger partial charge is 0.340 e. The van der Waals surface area contributed by atoms with Crippen molar-refractivity contribution in [2.45, 2.75) is 43.7 Å². The van der Waals surface area contributed by atoms with Crippen LogP contribution < -0.4 is 16.2 Å². The first kappa shape index (κ1) is 19.2. The minimum atomic E-state index is -5.20. The third kappa shape index (κ3) is 3.16. The summed E-state index contributed by atoms with van der Waals surface area (Å²) in [4.78, 5) is 16.5. The average Bonchev–Trinajstić information content (AvgIpc) is 3.19. The van der Waals surface area contributed by atoms with Crippen molar-refractivity contribution in [3.63, 3.8) is 0 Å². The summed E-state index contributed by atoms with van der Waals surface area (Å²) in [5, 5.41) is 9.25. The molecule has 2 bridgehead atoms. The Morgan fingerprint density at radius 2 is 1.93 bits per heavy atom. The van der Waals surface area contributed by atoms with Crippen molar-refractivity contribution in [2.24, 2.45) is 11.8 Å². The van der Waals surface area contributed by atoms with Gasteiger partial charge in [-0.2, -0.15) is 31.6 Å². The zero-order valence-corrected chi connectivity index (χ0v) is 13.5. The molecule has 2 fully saturated rings. The SMILES string of the molecule is N#Cc1c(C(F)(F)F)cc(C(F)(F)F)nc1N1[C@@H]2CC[C@@H](C2)[C@H]1C(=O)NN. The number of aromatic nitrogens is 1. The van der Waals surface area contributed by atoms with Crippen LogP contribution in [0.1, 0.15) is 36.1 Å². The highest BCUT2D eigenvalue weighted by molar-refractivity contribution is 5.86. The van der Waals surface area contributed by atoms with Crippen molar-refractivity contribution in [2.75, 3.05) is 4.90 Å². The van der Waals surface area contributed by atoms with Gasteiger partial charge in [-0.15, -0.1) is 0 Å². The molecular formula is C15H13F6N5O. The number of pyridine rings is 1. The maximum absolute atomic E-state index is 13.3. The molecule has 1 aliphatic heterocycles. The Labute approximate surface area is 148 Å². The van der Waals surface area contributed by atoms with Crippen LogP contribution in [0.4, 0.5) is 32.2 Å². The molecule has 0 spiro atoms. The molecule has 0 unspecified atom stereocenters. The number of anilines is 1. The van der Waals surface area contributed by atoms with E-state index in [-0.39, 0.29) is 12.0 Å². The number of carbonyl (C=O) groups is 1. The van der Waals surface area contributed by atoms with Crippen LogP contribution in [0.5, 0.6) is 0 Å². The number of nitrogens with one attached hydrogen (secondary N) is 1. The molecule has 1 saturated heterocycles. The first-order valence-corrected chi connectivity index (χ1v) is 7.87. The van der Waals surface area contributed by atoms with Crippen LogP contribution in [0.25, 0.3) is 0 Å². The average molecular weight is 393 g/mol. The molecule has 3 N–H and O–H groups in total. The molecule has 146 valence electrons. The number of hydrogen-bond acceptors (Lipinski definition) is 5. The summed E-state index contributed by atoms with van der Waals surface area (Å²) >= 11 is 0. The Hall–Kier alpha value is -2.55. The zero-order chi connectivity index (χ0) is 20.1. The summed E-state index contributed by atoms with van der Waals surface area (Å²) in [6, 6.07) is -0.461. The Morgan fingerprint density at radius 1 is 1.26 bits per heavy atom. The molecule has 6 nitrogen and oxygen atoms in total. The van der Waals surface area contributed by atoms with Crippen molar-refractivity contribution < 1.29 is 31.1 Å². The van der Waals surface area contributed by atoms with E-state index in [4.69, 9.17) is 5.84 Å². The molecule has 0 aromatic carbocycles. The molecule has 1 aromatic heterocycles. The Morgan fingerprint density at radius 3 is 2.44 bits per heavy atom. The molecule has 3 atom stereocenters. The molecule has 27 heavy (non-hydrogen) atoms. The zero-order valence-electron chi connectivity index (χ0n) is 13.5. The van der Waals surface area contributed by atoms with Gasteiger partial charge in [0, 0.05) is 6.04 Å². The van der Waals surface area contributed by atoms with Gasteiger partial charge in [-0.05, 0) is 31.2 Å². The second-order valence-corrected chi connectivity index (χ2v) is 6.45.